The van der Waals surface area contributed by atoms with Gasteiger partial charge in [0, 0.05) is 6.04 Å². The summed E-state index contributed by atoms with van der Waals surface area (Å²) in [4.78, 5) is 21.2. The maximum absolute atomic E-state index is 11.9. The van der Waals surface area contributed by atoms with Gasteiger partial charge in [0.25, 0.3) is 5.56 Å². The third-order valence-corrected chi connectivity index (χ3v) is 3.01. The number of nitrogens with one attached hydrogen (secondary N) is 2. The van der Waals surface area contributed by atoms with Crippen molar-refractivity contribution in [3.05, 3.63) is 34.6 Å². The highest BCUT2D eigenvalue weighted by molar-refractivity contribution is 5.78. The minimum absolute atomic E-state index is 0.104. The van der Waals surface area contributed by atoms with Crippen molar-refractivity contribution in [2.45, 2.75) is 19.4 Å². The molecule has 1 heterocycles. The zero-order valence-electron chi connectivity index (χ0n) is 11.6. The van der Waals surface area contributed by atoms with Gasteiger partial charge in [-0.05, 0) is 46.1 Å². The van der Waals surface area contributed by atoms with Gasteiger partial charge in [0.1, 0.15) is 0 Å². The normalized spacial score (nSPS) is 12.8. The fraction of sp³-hybridized carbons (Fsp3) is 0.429. The first-order valence-corrected chi connectivity index (χ1v) is 6.46. The van der Waals surface area contributed by atoms with Crippen LogP contribution in [0.5, 0.6) is 0 Å². The number of anilines is 1. The minimum atomic E-state index is -0.104. The number of hydrogen-bond donors (Lipinski definition) is 2. The molecule has 2 N–H and O–H groups in total. The molecule has 1 aromatic heterocycles. The summed E-state index contributed by atoms with van der Waals surface area (Å²) in [5.41, 5.74) is 0.612. The topological polar surface area (TPSA) is 61.0 Å². The average molecular weight is 260 g/mol. The molecule has 0 radical (unpaired) electrons. The predicted octanol–water partition coefficient (Wildman–Crippen LogP) is 1.68. The van der Waals surface area contributed by atoms with E-state index in [1.54, 1.807) is 6.07 Å². The molecule has 0 aliphatic heterocycles. The Morgan fingerprint density at radius 2 is 2.11 bits per heavy atom. The maximum Gasteiger partial charge on any atom is 0.260 e. The van der Waals surface area contributed by atoms with Crippen molar-refractivity contribution in [3.8, 4) is 0 Å². The van der Waals surface area contributed by atoms with E-state index in [4.69, 9.17) is 0 Å². The molecule has 0 spiro atoms. The van der Waals surface area contributed by atoms with Gasteiger partial charge < -0.3 is 10.2 Å². The predicted molar refractivity (Wildman–Crippen MR) is 78.6 cm³/mol. The largest absolute Gasteiger partial charge is 0.353 e. The van der Waals surface area contributed by atoms with Crippen molar-refractivity contribution in [2.75, 3.05) is 26.0 Å². The molecule has 0 fully saturated rings. The smallest absolute Gasteiger partial charge is 0.260 e. The molecule has 1 unspecified atom stereocenters. The summed E-state index contributed by atoms with van der Waals surface area (Å²) in [6.07, 6.45) is 0.990. The molecular formula is C14H20N4O. The second-order valence-corrected chi connectivity index (χ2v) is 5.07. The van der Waals surface area contributed by atoms with E-state index in [9.17, 15) is 4.79 Å². The van der Waals surface area contributed by atoms with Crippen molar-refractivity contribution < 1.29 is 0 Å². The van der Waals surface area contributed by atoms with Gasteiger partial charge in [-0.1, -0.05) is 12.1 Å². The lowest BCUT2D eigenvalue weighted by atomic mass is 10.2. The molecular weight excluding hydrogens is 240 g/mol. The highest BCUT2D eigenvalue weighted by Gasteiger charge is 2.06. The van der Waals surface area contributed by atoms with Gasteiger partial charge in [-0.25, -0.2) is 4.98 Å². The number of nitrogens with zero attached hydrogens (tertiary/aromatic N) is 2. The highest BCUT2D eigenvalue weighted by Crippen LogP contribution is 2.09. The molecule has 102 valence electrons. The van der Waals surface area contributed by atoms with Gasteiger partial charge in [-0.15, -0.1) is 0 Å². The SMILES string of the molecule is CC(CCN(C)C)Nc1nc2ccccc2c(=O)[nH]1. The first-order chi connectivity index (χ1) is 9.06. The van der Waals surface area contributed by atoms with Crippen LogP contribution in [0.25, 0.3) is 10.9 Å². The van der Waals surface area contributed by atoms with E-state index >= 15 is 0 Å². The van der Waals surface area contributed by atoms with Crippen LogP contribution in [-0.2, 0) is 0 Å². The summed E-state index contributed by atoms with van der Waals surface area (Å²) >= 11 is 0. The van der Waals surface area contributed by atoms with Crippen LogP contribution in [0.3, 0.4) is 0 Å². The van der Waals surface area contributed by atoms with E-state index in [1.165, 1.54) is 0 Å². The summed E-state index contributed by atoms with van der Waals surface area (Å²) in [5.74, 6) is 0.537. The minimum Gasteiger partial charge on any atom is -0.353 e. The first-order valence-electron chi connectivity index (χ1n) is 6.46. The van der Waals surface area contributed by atoms with Gasteiger partial charge >= 0.3 is 0 Å². The number of H-pyrrole nitrogens is 1. The highest BCUT2D eigenvalue weighted by atomic mass is 16.1. The Kier molecular flexibility index (Phi) is 4.16. The van der Waals surface area contributed by atoms with E-state index in [2.05, 4.69) is 27.1 Å². The molecule has 0 aliphatic carbocycles. The molecule has 0 saturated carbocycles. The number of fused-ring (bicyclic) bond motifs is 1. The number of rotatable bonds is 5. The lowest BCUT2D eigenvalue weighted by Crippen LogP contribution is -2.25. The molecule has 5 heteroatoms. The zero-order valence-corrected chi connectivity index (χ0v) is 11.6. The quantitative estimate of drug-likeness (QED) is 0.858. The first kappa shape index (κ1) is 13.5. The second kappa shape index (κ2) is 5.84. The summed E-state index contributed by atoms with van der Waals surface area (Å²) in [7, 11) is 4.09. The molecule has 2 aromatic rings. The fourth-order valence-electron chi connectivity index (χ4n) is 1.91. The van der Waals surface area contributed by atoms with Gasteiger partial charge in [0.05, 0.1) is 10.9 Å². The summed E-state index contributed by atoms with van der Waals surface area (Å²) in [6, 6.07) is 7.60. The fourth-order valence-corrected chi connectivity index (χ4v) is 1.91. The van der Waals surface area contributed by atoms with Crippen LogP contribution in [0, 0.1) is 0 Å². The summed E-state index contributed by atoms with van der Waals surface area (Å²) in [6.45, 7) is 3.07. The number of aromatic nitrogens is 2. The molecule has 1 aromatic carbocycles. The molecule has 5 nitrogen and oxygen atoms in total. The van der Waals surface area contributed by atoms with Crippen LogP contribution in [0.15, 0.2) is 29.1 Å². The Labute approximate surface area is 112 Å². The summed E-state index contributed by atoms with van der Waals surface area (Å²) < 4.78 is 0. The second-order valence-electron chi connectivity index (χ2n) is 5.07. The number of hydrogen-bond acceptors (Lipinski definition) is 4. The van der Waals surface area contributed by atoms with E-state index < -0.39 is 0 Å². The molecule has 0 saturated heterocycles. The van der Waals surface area contributed by atoms with Crippen molar-refractivity contribution in [2.24, 2.45) is 0 Å². The van der Waals surface area contributed by atoms with Gasteiger partial charge in [0.15, 0.2) is 0 Å². The zero-order chi connectivity index (χ0) is 13.8. The molecule has 0 amide bonds. The monoisotopic (exact) mass is 260 g/mol. The Morgan fingerprint density at radius 1 is 1.37 bits per heavy atom. The molecule has 2 rings (SSSR count). The van der Waals surface area contributed by atoms with Gasteiger partial charge in [0.2, 0.25) is 5.95 Å². The third kappa shape index (κ3) is 3.54. The molecule has 0 bridgehead atoms. The van der Waals surface area contributed by atoms with Crippen molar-refractivity contribution in [1.82, 2.24) is 14.9 Å². The maximum atomic E-state index is 11.9. The Bertz CT molecular complexity index is 606. The van der Waals surface area contributed by atoms with Crippen molar-refractivity contribution in [3.63, 3.8) is 0 Å². The van der Waals surface area contributed by atoms with Crippen LogP contribution >= 0.6 is 0 Å². The number of aromatic amines is 1. The average Bonchev–Trinajstić information content (AvgIpc) is 2.36. The Balaban J connectivity index is 2.15. The van der Waals surface area contributed by atoms with Gasteiger partial charge in [-0.3, -0.25) is 9.78 Å². The van der Waals surface area contributed by atoms with Crippen molar-refractivity contribution >= 4 is 16.9 Å². The summed E-state index contributed by atoms with van der Waals surface area (Å²) in [5, 5.41) is 3.86. The lowest BCUT2D eigenvalue weighted by Gasteiger charge is -2.17. The van der Waals surface area contributed by atoms with Gasteiger partial charge in [-0.2, -0.15) is 0 Å². The van der Waals surface area contributed by atoms with Crippen molar-refractivity contribution in [1.29, 1.82) is 0 Å². The Hall–Kier alpha value is -1.88. The third-order valence-electron chi connectivity index (χ3n) is 3.01. The van der Waals surface area contributed by atoms with Crippen LogP contribution in [0.2, 0.25) is 0 Å². The molecule has 1 atom stereocenters. The van der Waals surface area contributed by atoms with Crippen LogP contribution in [-0.4, -0.2) is 41.5 Å². The van der Waals surface area contributed by atoms with E-state index in [0.29, 0.717) is 16.9 Å². The Morgan fingerprint density at radius 3 is 2.84 bits per heavy atom. The van der Waals surface area contributed by atoms with E-state index in [1.807, 2.05) is 32.3 Å². The molecule has 0 aliphatic rings. The van der Waals surface area contributed by atoms with E-state index in [0.717, 1.165) is 13.0 Å². The lowest BCUT2D eigenvalue weighted by molar-refractivity contribution is 0.390. The van der Waals surface area contributed by atoms with Crippen LogP contribution < -0.4 is 10.9 Å². The number of benzene rings is 1. The van der Waals surface area contributed by atoms with Crippen LogP contribution in [0.4, 0.5) is 5.95 Å². The number of para-hydroxylation sites is 1. The molecule has 19 heavy (non-hydrogen) atoms. The van der Waals surface area contributed by atoms with E-state index in [-0.39, 0.29) is 11.6 Å². The standard InChI is InChI=1S/C14H20N4O/c1-10(8-9-18(2)3)15-14-16-12-7-5-4-6-11(12)13(19)17-14/h4-7,10H,8-9H2,1-3H3,(H2,15,16,17,19). The van der Waals surface area contributed by atoms with Crippen LogP contribution in [0.1, 0.15) is 13.3 Å².